The molecule has 0 saturated heterocycles. The number of fused-ring (bicyclic) bond motifs is 1. The number of carbonyl (C=O) groups is 1. The van der Waals surface area contributed by atoms with Gasteiger partial charge in [-0.3, -0.25) is 9.20 Å². The lowest BCUT2D eigenvalue weighted by Gasteiger charge is -2.19. The smallest absolute Gasteiger partial charge is 0.279 e. The van der Waals surface area contributed by atoms with Crippen molar-refractivity contribution in [2.45, 2.75) is 5.16 Å². The molecule has 3 aromatic rings. The van der Waals surface area contributed by atoms with Gasteiger partial charge < -0.3 is 9.64 Å². The number of amides is 1. The van der Waals surface area contributed by atoms with E-state index in [1.54, 1.807) is 55.7 Å². The van der Waals surface area contributed by atoms with E-state index >= 15 is 0 Å². The summed E-state index contributed by atoms with van der Waals surface area (Å²) < 4.78 is 30.7. The lowest BCUT2D eigenvalue weighted by atomic mass is 10.2. The number of pyridine rings is 1. The highest BCUT2D eigenvalue weighted by Gasteiger charge is 2.26. The number of benzene rings is 1. The van der Waals surface area contributed by atoms with E-state index in [1.807, 2.05) is 0 Å². The summed E-state index contributed by atoms with van der Waals surface area (Å²) in [6, 6.07) is 12.1. The molecule has 3 rings (SSSR count). The van der Waals surface area contributed by atoms with Crippen LogP contribution in [-0.2, 0) is 9.84 Å². The Kier molecular flexibility index (Phi) is 4.22. The molecule has 0 N–H and O–H groups in total. The van der Waals surface area contributed by atoms with Crippen LogP contribution in [0.3, 0.4) is 0 Å². The van der Waals surface area contributed by atoms with Gasteiger partial charge in [-0.25, -0.2) is 13.4 Å². The van der Waals surface area contributed by atoms with Gasteiger partial charge in [-0.15, -0.1) is 0 Å². The van der Waals surface area contributed by atoms with Gasteiger partial charge in [-0.1, -0.05) is 18.2 Å². The minimum absolute atomic E-state index is 0.0643. The van der Waals surface area contributed by atoms with Gasteiger partial charge in [0.25, 0.3) is 5.91 Å². The minimum atomic E-state index is -3.59. The molecule has 0 atom stereocenters. The van der Waals surface area contributed by atoms with Gasteiger partial charge in [0.15, 0.2) is 5.69 Å². The van der Waals surface area contributed by atoms with E-state index in [-0.39, 0.29) is 10.9 Å². The first-order chi connectivity index (χ1) is 11.8. The first-order valence-corrected chi connectivity index (χ1v) is 9.32. The number of ether oxygens (including phenoxy) is 1. The van der Waals surface area contributed by atoms with Gasteiger partial charge in [0.05, 0.1) is 18.3 Å². The van der Waals surface area contributed by atoms with E-state index in [2.05, 4.69) is 4.98 Å². The maximum Gasteiger partial charge on any atom is 0.279 e. The Hall–Kier alpha value is -2.87. The molecular formula is C17H17N3O4S. The summed E-state index contributed by atoms with van der Waals surface area (Å²) in [5.74, 6) is 0.105. The van der Waals surface area contributed by atoms with Crippen molar-refractivity contribution in [2.75, 3.05) is 25.3 Å². The Balaban J connectivity index is 2.15. The fourth-order valence-electron chi connectivity index (χ4n) is 2.60. The van der Waals surface area contributed by atoms with Crippen LogP contribution in [0.4, 0.5) is 5.69 Å². The summed E-state index contributed by atoms with van der Waals surface area (Å²) >= 11 is 0. The molecule has 0 saturated carbocycles. The maximum atomic E-state index is 13.0. The molecule has 0 aliphatic rings. The van der Waals surface area contributed by atoms with Crippen molar-refractivity contribution in [1.82, 2.24) is 9.38 Å². The zero-order valence-electron chi connectivity index (χ0n) is 14.0. The Morgan fingerprint density at radius 1 is 1.16 bits per heavy atom. The van der Waals surface area contributed by atoms with Crippen LogP contribution in [0.25, 0.3) is 5.52 Å². The molecule has 0 radical (unpaired) electrons. The van der Waals surface area contributed by atoms with Crippen molar-refractivity contribution in [1.29, 1.82) is 0 Å². The Bertz CT molecular complexity index is 1060. The maximum absolute atomic E-state index is 13.0. The Morgan fingerprint density at radius 2 is 1.84 bits per heavy atom. The minimum Gasteiger partial charge on any atom is -0.495 e. The highest BCUT2D eigenvalue weighted by atomic mass is 32.2. The molecule has 0 aliphatic heterocycles. The van der Waals surface area contributed by atoms with Gasteiger partial charge in [-0.2, -0.15) is 0 Å². The molecule has 7 nitrogen and oxygen atoms in total. The summed E-state index contributed by atoms with van der Waals surface area (Å²) in [6.45, 7) is 0. The molecule has 1 amide bonds. The molecule has 2 aromatic heterocycles. The lowest BCUT2D eigenvalue weighted by molar-refractivity contribution is 0.0989. The fourth-order valence-corrected chi connectivity index (χ4v) is 3.38. The van der Waals surface area contributed by atoms with E-state index < -0.39 is 15.7 Å². The van der Waals surface area contributed by atoms with Crippen molar-refractivity contribution in [3.63, 3.8) is 0 Å². The van der Waals surface area contributed by atoms with Gasteiger partial charge in [0.1, 0.15) is 5.75 Å². The van der Waals surface area contributed by atoms with Crippen molar-refractivity contribution < 1.29 is 17.9 Å². The molecular weight excluding hydrogens is 342 g/mol. The summed E-state index contributed by atoms with van der Waals surface area (Å²) in [5, 5.41) is -0.167. The second kappa shape index (κ2) is 6.21. The number of imidazole rings is 1. The highest BCUT2D eigenvalue weighted by molar-refractivity contribution is 7.90. The third-order valence-corrected chi connectivity index (χ3v) is 4.75. The van der Waals surface area contributed by atoms with Crippen LogP contribution in [0.1, 0.15) is 10.5 Å². The summed E-state index contributed by atoms with van der Waals surface area (Å²) in [4.78, 5) is 18.5. The number of nitrogens with zero attached hydrogens (tertiary/aromatic N) is 3. The number of sulfone groups is 1. The van der Waals surface area contributed by atoms with Crippen LogP contribution in [0.5, 0.6) is 5.75 Å². The standard InChI is InChI=1S/C17H17N3O4S/c1-19(12-8-4-5-10-14(12)24-2)16(21)15-13-9-6-7-11-20(13)17(18-15)25(3,22)23/h4-11H,1-3H3. The van der Waals surface area contributed by atoms with E-state index in [0.717, 1.165) is 6.26 Å². The molecule has 2 heterocycles. The summed E-state index contributed by atoms with van der Waals surface area (Å²) in [5.41, 5.74) is 1.05. The summed E-state index contributed by atoms with van der Waals surface area (Å²) in [6.07, 6.45) is 2.63. The Morgan fingerprint density at radius 3 is 2.52 bits per heavy atom. The van der Waals surface area contributed by atoms with Crippen LogP contribution >= 0.6 is 0 Å². The zero-order chi connectivity index (χ0) is 18.2. The number of aromatic nitrogens is 2. The number of para-hydroxylation sites is 2. The van der Waals surface area contributed by atoms with Crippen LogP contribution < -0.4 is 9.64 Å². The third-order valence-electron chi connectivity index (χ3n) is 3.80. The number of hydrogen-bond donors (Lipinski definition) is 0. The largest absolute Gasteiger partial charge is 0.495 e. The number of hydrogen-bond acceptors (Lipinski definition) is 5. The van der Waals surface area contributed by atoms with Crippen LogP contribution in [0.15, 0.2) is 53.8 Å². The molecule has 0 spiro atoms. The fraction of sp³-hybridized carbons (Fsp3) is 0.176. The number of carbonyl (C=O) groups excluding carboxylic acids is 1. The number of rotatable bonds is 4. The molecule has 8 heteroatoms. The van der Waals surface area contributed by atoms with E-state index in [1.165, 1.54) is 16.4 Å². The first-order valence-electron chi connectivity index (χ1n) is 7.43. The van der Waals surface area contributed by atoms with Crippen LogP contribution in [0.2, 0.25) is 0 Å². The predicted molar refractivity (Wildman–Crippen MR) is 94.0 cm³/mol. The average Bonchev–Trinajstić information content (AvgIpc) is 3.00. The highest BCUT2D eigenvalue weighted by Crippen LogP contribution is 2.28. The van der Waals surface area contributed by atoms with Crippen molar-refractivity contribution in [3.8, 4) is 5.75 Å². The number of methoxy groups -OCH3 is 1. The van der Waals surface area contributed by atoms with Crippen molar-refractivity contribution >= 4 is 26.9 Å². The summed E-state index contributed by atoms with van der Waals surface area (Å²) in [7, 11) is -0.478. The SMILES string of the molecule is COc1ccccc1N(C)C(=O)c1nc(S(C)(=O)=O)n2ccccc12. The Labute approximate surface area is 145 Å². The third kappa shape index (κ3) is 2.96. The molecule has 25 heavy (non-hydrogen) atoms. The second-order valence-corrected chi connectivity index (χ2v) is 7.42. The van der Waals surface area contributed by atoms with Crippen molar-refractivity contribution in [3.05, 3.63) is 54.4 Å². The lowest BCUT2D eigenvalue weighted by Crippen LogP contribution is -2.27. The van der Waals surface area contributed by atoms with Gasteiger partial charge >= 0.3 is 0 Å². The van der Waals surface area contributed by atoms with E-state index in [4.69, 9.17) is 4.74 Å². The molecule has 0 bridgehead atoms. The van der Waals surface area contributed by atoms with E-state index in [0.29, 0.717) is 17.0 Å². The normalized spacial score (nSPS) is 11.5. The average molecular weight is 359 g/mol. The molecule has 0 aliphatic carbocycles. The monoisotopic (exact) mass is 359 g/mol. The van der Waals surface area contributed by atoms with Crippen LogP contribution in [0, 0.1) is 0 Å². The van der Waals surface area contributed by atoms with Crippen molar-refractivity contribution in [2.24, 2.45) is 0 Å². The zero-order valence-corrected chi connectivity index (χ0v) is 14.8. The molecule has 0 unspecified atom stereocenters. The van der Waals surface area contributed by atoms with Gasteiger partial charge in [0.2, 0.25) is 15.0 Å². The second-order valence-electron chi connectivity index (χ2n) is 5.51. The first kappa shape index (κ1) is 17.0. The van der Waals surface area contributed by atoms with E-state index in [9.17, 15) is 13.2 Å². The molecule has 130 valence electrons. The molecule has 0 fully saturated rings. The van der Waals surface area contributed by atoms with Gasteiger partial charge in [0, 0.05) is 19.5 Å². The topological polar surface area (TPSA) is 81.0 Å². The predicted octanol–water partition coefficient (Wildman–Crippen LogP) is 2.02. The molecule has 1 aromatic carbocycles. The quantitative estimate of drug-likeness (QED) is 0.712. The van der Waals surface area contributed by atoms with Gasteiger partial charge in [-0.05, 0) is 24.3 Å². The number of anilines is 1. The van der Waals surface area contributed by atoms with Crippen LogP contribution in [-0.4, -0.2) is 44.1 Å².